The first-order chi connectivity index (χ1) is 7.98. The number of rotatable bonds is 3. The molecule has 0 saturated carbocycles. The molecule has 2 rings (SSSR count). The van der Waals surface area contributed by atoms with Gasteiger partial charge >= 0.3 is 0 Å². The molecule has 17 heavy (non-hydrogen) atoms. The number of aromatic amines is 1. The van der Waals surface area contributed by atoms with E-state index in [2.05, 4.69) is 15.3 Å². The third-order valence-electron chi connectivity index (χ3n) is 2.71. The summed E-state index contributed by atoms with van der Waals surface area (Å²) in [5.74, 6) is 1.37. The number of aromatic nitrogens is 2. The second kappa shape index (κ2) is 4.48. The molecule has 0 aliphatic carbocycles. The molecular weight excluding hydrogens is 242 g/mol. The Kier molecular flexibility index (Phi) is 3.19. The van der Waals surface area contributed by atoms with Gasteiger partial charge in [-0.2, -0.15) is 0 Å². The van der Waals surface area contributed by atoms with Crippen molar-refractivity contribution in [3.05, 3.63) is 22.2 Å². The molecule has 1 aromatic rings. The van der Waals surface area contributed by atoms with Gasteiger partial charge in [0.2, 0.25) is 0 Å². The summed E-state index contributed by atoms with van der Waals surface area (Å²) in [5.41, 5.74) is -0.222. The van der Waals surface area contributed by atoms with Crippen LogP contribution in [0.1, 0.15) is 19.2 Å². The molecule has 6 nitrogen and oxygen atoms in total. The highest BCUT2D eigenvalue weighted by Crippen LogP contribution is 2.15. The van der Waals surface area contributed by atoms with Crippen LogP contribution in [0.2, 0.25) is 0 Å². The molecule has 0 amide bonds. The maximum absolute atomic E-state index is 11.3. The third-order valence-corrected chi connectivity index (χ3v) is 4.48. The fourth-order valence-electron chi connectivity index (χ4n) is 1.87. The van der Waals surface area contributed by atoms with Gasteiger partial charge in [0, 0.05) is 18.5 Å². The normalized spacial score (nSPS) is 22.5. The van der Waals surface area contributed by atoms with Gasteiger partial charge in [0.15, 0.2) is 9.84 Å². The average Bonchev–Trinajstić information content (AvgIpc) is 2.57. The molecule has 1 unspecified atom stereocenters. The van der Waals surface area contributed by atoms with E-state index in [0.29, 0.717) is 24.5 Å². The number of hydrogen-bond donors (Lipinski definition) is 2. The van der Waals surface area contributed by atoms with Crippen LogP contribution < -0.4 is 10.9 Å². The van der Waals surface area contributed by atoms with Crippen molar-refractivity contribution >= 4 is 15.7 Å². The van der Waals surface area contributed by atoms with Crippen LogP contribution in [-0.4, -0.2) is 35.9 Å². The van der Waals surface area contributed by atoms with Gasteiger partial charge in [0.1, 0.15) is 11.6 Å². The molecule has 1 fully saturated rings. The molecule has 7 heteroatoms. The van der Waals surface area contributed by atoms with Crippen LogP contribution in [0.5, 0.6) is 0 Å². The van der Waals surface area contributed by atoms with E-state index in [1.807, 2.05) is 6.92 Å². The van der Waals surface area contributed by atoms with Crippen LogP contribution >= 0.6 is 0 Å². The molecule has 1 aliphatic rings. The Morgan fingerprint density at radius 1 is 1.59 bits per heavy atom. The first kappa shape index (κ1) is 12.1. The van der Waals surface area contributed by atoms with Crippen molar-refractivity contribution in [2.24, 2.45) is 0 Å². The van der Waals surface area contributed by atoms with Crippen molar-refractivity contribution in [3.8, 4) is 0 Å². The van der Waals surface area contributed by atoms with Crippen LogP contribution in [0.4, 0.5) is 5.82 Å². The van der Waals surface area contributed by atoms with E-state index in [1.54, 1.807) is 0 Å². The summed E-state index contributed by atoms with van der Waals surface area (Å²) in [6.45, 7) is 1.89. The maximum Gasteiger partial charge on any atom is 0.252 e. The number of anilines is 1. The lowest BCUT2D eigenvalue weighted by Gasteiger charge is -2.11. The van der Waals surface area contributed by atoms with E-state index >= 15 is 0 Å². The first-order valence-corrected chi connectivity index (χ1v) is 7.38. The smallest absolute Gasteiger partial charge is 0.252 e. The highest BCUT2D eigenvalue weighted by molar-refractivity contribution is 7.91. The van der Waals surface area contributed by atoms with Crippen molar-refractivity contribution in [2.45, 2.75) is 25.8 Å². The van der Waals surface area contributed by atoms with Crippen molar-refractivity contribution in [1.82, 2.24) is 9.97 Å². The van der Waals surface area contributed by atoms with E-state index in [4.69, 9.17) is 0 Å². The van der Waals surface area contributed by atoms with Crippen molar-refractivity contribution < 1.29 is 8.42 Å². The fourth-order valence-corrected chi connectivity index (χ4v) is 3.54. The Balaban J connectivity index is 2.14. The second-order valence-corrected chi connectivity index (χ2v) is 6.40. The summed E-state index contributed by atoms with van der Waals surface area (Å²) < 4.78 is 22.6. The van der Waals surface area contributed by atoms with Crippen LogP contribution in [0.3, 0.4) is 0 Å². The van der Waals surface area contributed by atoms with Crippen molar-refractivity contribution in [2.75, 3.05) is 16.8 Å². The molecule has 0 radical (unpaired) electrons. The van der Waals surface area contributed by atoms with Crippen LogP contribution in [-0.2, 0) is 16.3 Å². The maximum atomic E-state index is 11.3. The summed E-state index contributed by atoms with van der Waals surface area (Å²) in [5, 5.41) is 3.00. The van der Waals surface area contributed by atoms with E-state index in [0.717, 1.165) is 0 Å². The largest absolute Gasteiger partial charge is 0.366 e. The third kappa shape index (κ3) is 3.06. The van der Waals surface area contributed by atoms with Gasteiger partial charge in [-0.15, -0.1) is 0 Å². The number of sulfone groups is 1. The van der Waals surface area contributed by atoms with Gasteiger partial charge < -0.3 is 10.3 Å². The Morgan fingerprint density at radius 3 is 2.94 bits per heavy atom. The zero-order valence-corrected chi connectivity index (χ0v) is 10.4. The zero-order valence-electron chi connectivity index (χ0n) is 9.56. The second-order valence-electron chi connectivity index (χ2n) is 4.18. The minimum Gasteiger partial charge on any atom is -0.366 e. The van der Waals surface area contributed by atoms with Crippen molar-refractivity contribution in [3.63, 3.8) is 0 Å². The Labute approximate surface area is 99.4 Å². The molecule has 1 aromatic heterocycles. The molecule has 2 heterocycles. The highest BCUT2D eigenvalue weighted by Gasteiger charge is 2.27. The van der Waals surface area contributed by atoms with Crippen LogP contribution in [0.15, 0.2) is 10.9 Å². The minimum absolute atomic E-state index is 0.114. The van der Waals surface area contributed by atoms with E-state index < -0.39 is 9.84 Å². The molecule has 1 atom stereocenters. The summed E-state index contributed by atoms with van der Waals surface area (Å²) >= 11 is 0. The SMILES string of the molecule is CCc1nc(NC2CCS(=O)(=O)C2)cc(=O)[nH]1. The predicted octanol–water partition coefficient (Wildman–Crippen LogP) is -0.0687. The molecule has 0 bridgehead atoms. The average molecular weight is 257 g/mol. The van der Waals surface area contributed by atoms with E-state index in [-0.39, 0.29) is 23.1 Å². The summed E-state index contributed by atoms with van der Waals surface area (Å²) in [4.78, 5) is 18.1. The number of nitrogens with one attached hydrogen (secondary N) is 2. The topological polar surface area (TPSA) is 91.9 Å². The van der Waals surface area contributed by atoms with Gasteiger partial charge in [0.25, 0.3) is 5.56 Å². The van der Waals surface area contributed by atoms with Gasteiger partial charge in [-0.1, -0.05) is 6.92 Å². The number of H-pyrrole nitrogens is 1. The number of nitrogens with zero attached hydrogens (tertiary/aromatic N) is 1. The summed E-state index contributed by atoms with van der Waals surface area (Å²) in [6, 6.07) is 1.21. The van der Waals surface area contributed by atoms with E-state index in [1.165, 1.54) is 6.07 Å². The fraction of sp³-hybridized carbons (Fsp3) is 0.600. The molecule has 0 aromatic carbocycles. The molecule has 0 spiro atoms. The Hall–Kier alpha value is -1.37. The predicted molar refractivity (Wildman–Crippen MR) is 64.9 cm³/mol. The van der Waals surface area contributed by atoms with Crippen molar-refractivity contribution in [1.29, 1.82) is 0 Å². The summed E-state index contributed by atoms with van der Waals surface area (Å²) in [7, 11) is -2.92. The summed E-state index contributed by atoms with van der Waals surface area (Å²) in [6.07, 6.45) is 1.20. The monoisotopic (exact) mass is 257 g/mol. The van der Waals surface area contributed by atoms with Crippen LogP contribution in [0.25, 0.3) is 0 Å². The number of aryl methyl sites for hydroxylation is 1. The number of hydrogen-bond acceptors (Lipinski definition) is 5. The minimum atomic E-state index is -2.92. The Morgan fingerprint density at radius 2 is 2.35 bits per heavy atom. The first-order valence-electron chi connectivity index (χ1n) is 5.56. The van der Waals surface area contributed by atoms with Gasteiger partial charge in [-0.3, -0.25) is 4.79 Å². The lowest BCUT2D eigenvalue weighted by atomic mass is 10.2. The standard InChI is InChI=1S/C10H15N3O3S/c1-2-8-12-9(5-10(14)13-8)11-7-3-4-17(15,16)6-7/h5,7H,2-4,6H2,1H3,(H2,11,12,13,14). The molecular formula is C10H15N3O3S. The lowest BCUT2D eigenvalue weighted by molar-refractivity contribution is 0.602. The Bertz CT molecular complexity index is 564. The van der Waals surface area contributed by atoms with E-state index in [9.17, 15) is 13.2 Å². The molecule has 1 saturated heterocycles. The van der Waals surface area contributed by atoms with Crippen LogP contribution in [0, 0.1) is 0 Å². The molecule has 94 valence electrons. The quantitative estimate of drug-likeness (QED) is 0.791. The highest BCUT2D eigenvalue weighted by atomic mass is 32.2. The lowest BCUT2D eigenvalue weighted by Crippen LogP contribution is -2.23. The van der Waals surface area contributed by atoms with Gasteiger partial charge in [-0.25, -0.2) is 13.4 Å². The zero-order chi connectivity index (χ0) is 12.5. The van der Waals surface area contributed by atoms with Gasteiger partial charge in [0.05, 0.1) is 11.5 Å². The molecule has 2 N–H and O–H groups in total. The molecule has 1 aliphatic heterocycles. The van der Waals surface area contributed by atoms with Gasteiger partial charge in [-0.05, 0) is 6.42 Å².